The zero-order valence-corrected chi connectivity index (χ0v) is 26.0. The third-order valence-electron chi connectivity index (χ3n) is 7.47. The Balaban J connectivity index is 1.12. The van der Waals surface area contributed by atoms with E-state index in [4.69, 9.17) is 10.8 Å². The molecule has 0 amide bonds. The van der Waals surface area contributed by atoms with Gasteiger partial charge in [0, 0.05) is 12.2 Å². The van der Waals surface area contributed by atoms with E-state index in [0.717, 1.165) is 35.4 Å². The van der Waals surface area contributed by atoms with Crippen molar-refractivity contribution >= 4 is 54.6 Å². The van der Waals surface area contributed by atoms with E-state index in [2.05, 4.69) is 21.7 Å². The van der Waals surface area contributed by atoms with E-state index in [9.17, 15) is 35.5 Å². The minimum atomic E-state index is -4.58. The minimum absolute atomic E-state index is 0.00864. The normalized spacial score (nSPS) is 17.6. The van der Waals surface area contributed by atoms with Crippen molar-refractivity contribution in [3.63, 3.8) is 0 Å². The van der Waals surface area contributed by atoms with Crippen LogP contribution in [0, 0.1) is 10.8 Å². The topological polar surface area (TPSA) is 239 Å². The van der Waals surface area contributed by atoms with Gasteiger partial charge in [-0.2, -0.15) is 16.8 Å². The second-order valence-corrected chi connectivity index (χ2v) is 13.5. The summed E-state index contributed by atoms with van der Waals surface area (Å²) in [5.41, 5.74) is 15.4. The van der Waals surface area contributed by atoms with Gasteiger partial charge >= 0.3 is 0 Å². The predicted octanol–water partition coefficient (Wildman–Crippen LogP) is 3.44. The Kier molecular flexibility index (Phi) is 8.01. The Morgan fingerprint density at radius 1 is 0.500 bits per heavy atom. The van der Waals surface area contributed by atoms with Crippen LogP contribution in [0.2, 0.25) is 0 Å². The Morgan fingerprint density at radius 3 is 1.19 bits per heavy atom. The number of hydrogen-bond acceptors (Lipinski definition) is 12. The van der Waals surface area contributed by atoms with E-state index in [1.807, 2.05) is 24.3 Å². The lowest BCUT2D eigenvalue weighted by atomic mass is 9.89. The molecule has 4 aliphatic carbocycles. The summed E-state index contributed by atoms with van der Waals surface area (Å²) in [6, 6.07) is 14.4. The van der Waals surface area contributed by atoms with Gasteiger partial charge in [-0.1, -0.05) is 36.4 Å². The molecule has 48 heavy (non-hydrogen) atoms. The summed E-state index contributed by atoms with van der Waals surface area (Å²) in [7, 11) is -9.17. The number of ketones is 2. The second kappa shape index (κ2) is 12.0. The molecular weight excluding hydrogens is 661 g/mol. The largest absolute Gasteiger partial charge is 0.301 e. The van der Waals surface area contributed by atoms with Crippen LogP contribution in [0.5, 0.6) is 0 Å². The molecule has 0 atom stereocenters. The molecular formula is C32H24N6O8S2. The van der Waals surface area contributed by atoms with Crippen LogP contribution >= 0.6 is 0 Å². The lowest BCUT2D eigenvalue weighted by molar-refractivity contribution is -0.112. The highest BCUT2D eigenvalue weighted by Crippen LogP contribution is 2.31. The van der Waals surface area contributed by atoms with E-state index in [1.54, 1.807) is 24.3 Å². The molecule has 6 rings (SSSR count). The number of hydrogen-bond donors (Lipinski definition) is 8. The highest BCUT2D eigenvalue weighted by molar-refractivity contribution is 7.90. The van der Waals surface area contributed by atoms with Gasteiger partial charge in [-0.25, -0.2) is 0 Å². The van der Waals surface area contributed by atoms with Gasteiger partial charge in [0.2, 0.25) is 0 Å². The lowest BCUT2D eigenvalue weighted by Gasteiger charge is -2.23. The van der Waals surface area contributed by atoms with Gasteiger partial charge in [0.1, 0.15) is 0 Å². The van der Waals surface area contributed by atoms with Crippen LogP contribution in [0.4, 0.5) is 11.4 Å². The summed E-state index contributed by atoms with van der Waals surface area (Å²) < 4.78 is 64.8. The number of fused-ring (bicyclic) bond motifs is 2. The van der Waals surface area contributed by atoms with Crippen molar-refractivity contribution in [2.75, 3.05) is 10.9 Å². The summed E-state index contributed by atoms with van der Waals surface area (Å²) in [5.74, 6) is -1.35. The number of benzene rings is 2. The Bertz CT molecular complexity index is 2160. The van der Waals surface area contributed by atoms with Gasteiger partial charge in [0.25, 0.3) is 20.2 Å². The van der Waals surface area contributed by atoms with Crippen molar-refractivity contribution in [3.8, 4) is 11.1 Å². The van der Waals surface area contributed by atoms with Gasteiger partial charge < -0.3 is 10.9 Å². The summed E-state index contributed by atoms with van der Waals surface area (Å²) >= 11 is 0. The van der Waals surface area contributed by atoms with E-state index >= 15 is 0 Å². The molecule has 0 spiro atoms. The Hall–Kier alpha value is -5.94. The maximum atomic E-state index is 12.7. The van der Waals surface area contributed by atoms with Gasteiger partial charge in [0.05, 0.1) is 55.1 Å². The summed E-state index contributed by atoms with van der Waals surface area (Å²) in [4.78, 5) is 24.4. The van der Waals surface area contributed by atoms with Crippen LogP contribution in [0.1, 0.15) is 0 Å². The Morgan fingerprint density at radius 2 is 0.854 bits per heavy atom. The molecule has 8 N–H and O–H groups in total. The molecule has 4 aliphatic rings. The van der Waals surface area contributed by atoms with Crippen LogP contribution in [0.15, 0.2) is 141 Å². The average molecular weight is 685 g/mol. The van der Waals surface area contributed by atoms with Crippen molar-refractivity contribution in [2.45, 2.75) is 0 Å². The number of rotatable bonds is 9. The summed E-state index contributed by atoms with van der Waals surface area (Å²) in [6.45, 7) is 0. The molecule has 0 aromatic heterocycles. The lowest BCUT2D eigenvalue weighted by Crippen LogP contribution is -2.31. The summed E-state index contributed by atoms with van der Waals surface area (Å²) in [6.07, 6.45) is 9.56. The van der Waals surface area contributed by atoms with Gasteiger partial charge in [-0.05, 0) is 70.8 Å². The molecule has 0 saturated carbocycles. The third kappa shape index (κ3) is 6.36. The SMILES string of the molecule is N=C1C=CC2=CC(S(=O)(=O)O)=CC(=O)C2=C1NNc1ccc(-c2ccc(NNC3=C4C(=O)C=C(S(=O)(=O)O)C=C4C=CC3=N)cc2)cc1. The minimum Gasteiger partial charge on any atom is -0.301 e. The number of allylic oxidation sites excluding steroid dienone is 12. The van der Waals surface area contributed by atoms with Crippen molar-refractivity contribution in [1.29, 1.82) is 10.8 Å². The smallest absolute Gasteiger partial charge is 0.294 e. The molecule has 14 nitrogen and oxygen atoms in total. The zero-order valence-electron chi connectivity index (χ0n) is 24.4. The van der Waals surface area contributed by atoms with Crippen LogP contribution in [-0.4, -0.2) is 48.9 Å². The number of carbonyl (C=O) groups excluding carboxylic acids is 2. The van der Waals surface area contributed by atoms with Gasteiger partial charge in [0.15, 0.2) is 11.6 Å². The van der Waals surface area contributed by atoms with Crippen molar-refractivity contribution < 1.29 is 35.5 Å². The first-order chi connectivity index (χ1) is 22.7. The molecule has 0 unspecified atom stereocenters. The van der Waals surface area contributed by atoms with E-state index in [-0.39, 0.29) is 45.1 Å². The molecule has 0 bridgehead atoms. The van der Waals surface area contributed by atoms with E-state index in [0.29, 0.717) is 11.4 Å². The molecule has 0 aliphatic heterocycles. The third-order valence-corrected chi connectivity index (χ3v) is 9.14. The second-order valence-electron chi connectivity index (χ2n) is 10.6. The van der Waals surface area contributed by atoms with E-state index in [1.165, 1.54) is 24.3 Å². The quantitative estimate of drug-likeness (QED) is 0.140. The fourth-order valence-electron chi connectivity index (χ4n) is 5.12. The summed E-state index contributed by atoms with van der Waals surface area (Å²) in [5, 5.41) is 16.5. The zero-order chi connectivity index (χ0) is 34.4. The Labute approximate surface area is 273 Å². The molecule has 2 aromatic rings. The molecule has 242 valence electrons. The van der Waals surface area contributed by atoms with Gasteiger partial charge in [-0.3, -0.25) is 40.4 Å². The molecule has 0 radical (unpaired) electrons. The first-order valence-electron chi connectivity index (χ1n) is 13.9. The van der Waals surface area contributed by atoms with Crippen molar-refractivity contribution in [3.05, 3.63) is 141 Å². The highest BCUT2D eigenvalue weighted by atomic mass is 32.2. The van der Waals surface area contributed by atoms with Crippen LogP contribution < -0.4 is 21.7 Å². The van der Waals surface area contributed by atoms with Crippen molar-refractivity contribution in [2.24, 2.45) is 0 Å². The number of anilines is 2. The molecule has 2 aromatic carbocycles. The standard InChI is InChI=1S/C32H24N6O8S2/c33-25-11-5-19-13-23(47(41,42)43)15-27(39)29(19)31(25)37-35-21-7-1-17(2-8-21)18-3-9-22(10-4-18)36-38-32-26(34)12-6-20-14-24(48(44,45)46)16-28(40)30(20)32/h1-16,33-38H,(H,41,42,43)(H,44,45,46). The predicted molar refractivity (Wildman–Crippen MR) is 179 cm³/mol. The van der Waals surface area contributed by atoms with Crippen LogP contribution in [0.3, 0.4) is 0 Å². The highest BCUT2D eigenvalue weighted by Gasteiger charge is 2.30. The number of hydrazine groups is 2. The maximum Gasteiger partial charge on any atom is 0.294 e. The van der Waals surface area contributed by atoms with E-state index < -0.39 is 41.6 Å². The molecule has 0 saturated heterocycles. The fraction of sp³-hybridized carbons (Fsp3) is 0. The maximum absolute atomic E-state index is 12.7. The monoisotopic (exact) mass is 684 g/mol. The molecule has 0 heterocycles. The molecule has 16 heteroatoms. The average Bonchev–Trinajstić information content (AvgIpc) is 3.03. The fourth-order valence-corrected chi connectivity index (χ4v) is 6.18. The van der Waals surface area contributed by atoms with Crippen LogP contribution in [0.25, 0.3) is 11.1 Å². The molecule has 0 fully saturated rings. The van der Waals surface area contributed by atoms with Crippen LogP contribution in [-0.2, 0) is 29.8 Å². The van der Waals surface area contributed by atoms with Gasteiger partial charge in [-0.15, -0.1) is 0 Å². The van der Waals surface area contributed by atoms with Crippen molar-refractivity contribution in [1.82, 2.24) is 10.9 Å². The first-order valence-corrected chi connectivity index (χ1v) is 16.8. The number of nitrogens with one attached hydrogen (secondary N) is 6. The number of carbonyl (C=O) groups is 2. The first kappa shape index (κ1) is 32.0.